The van der Waals surface area contributed by atoms with Crippen LogP contribution in [0, 0.1) is 5.92 Å². The van der Waals surface area contributed by atoms with E-state index in [-0.39, 0.29) is 0 Å². The third kappa shape index (κ3) is 4.40. The van der Waals surface area contributed by atoms with Gasteiger partial charge in [-0.3, -0.25) is 5.10 Å². The number of nitrogens with one attached hydrogen (secondary N) is 3. The number of H-pyrrole nitrogens is 1. The number of rotatable bonds is 6. The zero-order valence-electron chi connectivity index (χ0n) is 15.4. The number of piperidine rings is 1. The van der Waals surface area contributed by atoms with Crippen molar-refractivity contribution < 1.29 is 0 Å². The molecule has 0 amide bonds. The second kappa shape index (κ2) is 8.60. The molecule has 1 fully saturated rings. The number of anilines is 1. The summed E-state index contributed by atoms with van der Waals surface area (Å²) < 4.78 is 0. The summed E-state index contributed by atoms with van der Waals surface area (Å²) in [5.74, 6) is 1.81. The average Bonchev–Trinajstić information content (AvgIpc) is 3.10. The van der Waals surface area contributed by atoms with Gasteiger partial charge in [-0.15, -0.1) is 0 Å². The van der Waals surface area contributed by atoms with E-state index in [1.807, 2.05) is 12.4 Å². The zero-order chi connectivity index (χ0) is 17.6. The molecule has 1 saturated heterocycles. The Morgan fingerprint density at radius 1 is 1.23 bits per heavy atom. The molecule has 0 aliphatic carbocycles. The van der Waals surface area contributed by atoms with Crippen LogP contribution in [0.5, 0.6) is 0 Å². The third-order valence-corrected chi connectivity index (χ3v) is 5.55. The van der Waals surface area contributed by atoms with E-state index < -0.39 is 0 Å². The molecule has 1 atom stereocenters. The van der Waals surface area contributed by atoms with Crippen molar-refractivity contribution in [3.8, 4) is 0 Å². The van der Waals surface area contributed by atoms with Gasteiger partial charge in [-0.25, -0.2) is 9.97 Å². The second-order valence-electron chi connectivity index (χ2n) is 7.44. The number of aromatic amines is 1. The maximum atomic E-state index is 4.57. The van der Waals surface area contributed by atoms with E-state index >= 15 is 0 Å². The lowest BCUT2D eigenvalue weighted by atomic mass is 9.99. The lowest BCUT2D eigenvalue weighted by Gasteiger charge is -2.29. The molecule has 4 heterocycles. The molecule has 2 aromatic heterocycles. The van der Waals surface area contributed by atoms with Gasteiger partial charge < -0.3 is 15.5 Å². The zero-order valence-corrected chi connectivity index (χ0v) is 15.4. The lowest BCUT2D eigenvalue weighted by Crippen LogP contribution is -2.39. The molecular formula is C19H29N7. The molecule has 26 heavy (non-hydrogen) atoms. The second-order valence-corrected chi connectivity index (χ2v) is 7.44. The Bertz CT molecular complexity index is 679. The molecule has 2 aromatic rings. The smallest absolute Gasteiger partial charge is 0.132 e. The van der Waals surface area contributed by atoms with E-state index in [1.165, 1.54) is 49.3 Å². The molecule has 4 rings (SSSR count). The maximum Gasteiger partial charge on any atom is 0.132 e. The fraction of sp³-hybridized carbons (Fsp3) is 0.632. The summed E-state index contributed by atoms with van der Waals surface area (Å²) in [5, 5.41) is 13.9. The summed E-state index contributed by atoms with van der Waals surface area (Å²) in [6.45, 7) is 6.63. The van der Waals surface area contributed by atoms with E-state index in [1.54, 1.807) is 6.33 Å². The Labute approximate surface area is 155 Å². The molecule has 140 valence electrons. The van der Waals surface area contributed by atoms with Gasteiger partial charge >= 0.3 is 0 Å². The fourth-order valence-electron chi connectivity index (χ4n) is 4.09. The highest BCUT2D eigenvalue weighted by molar-refractivity contribution is 5.46. The van der Waals surface area contributed by atoms with Crippen LogP contribution in [0.1, 0.15) is 29.7 Å². The van der Waals surface area contributed by atoms with Crippen molar-refractivity contribution in [2.24, 2.45) is 5.92 Å². The normalized spacial score (nSPS) is 21.2. The largest absolute Gasteiger partial charge is 0.369 e. The molecule has 0 spiro atoms. The molecule has 0 bridgehead atoms. The molecule has 7 nitrogen and oxygen atoms in total. The minimum absolute atomic E-state index is 0.795. The summed E-state index contributed by atoms with van der Waals surface area (Å²) in [6.07, 6.45) is 11.2. The molecule has 3 N–H and O–H groups in total. The summed E-state index contributed by atoms with van der Waals surface area (Å²) in [6, 6.07) is 0. The van der Waals surface area contributed by atoms with Crippen molar-refractivity contribution in [1.82, 2.24) is 30.4 Å². The van der Waals surface area contributed by atoms with Crippen molar-refractivity contribution >= 4 is 5.82 Å². The topological polar surface area (TPSA) is 81.8 Å². The Hall–Kier alpha value is -1.99. The fourth-order valence-corrected chi connectivity index (χ4v) is 4.09. The van der Waals surface area contributed by atoms with Gasteiger partial charge in [0.25, 0.3) is 0 Å². The van der Waals surface area contributed by atoms with Gasteiger partial charge in [-0.1, -0.05) is 0 Å². The van der Waals surface area contributed by atoms with Crippen molar-refractivity contribution in [3.05, 3.63) is 35.5 Å². The number of hydrogen-bond acceptors (Lipinski definition) is 6. The summed E-state index contributed by atoms with van der Waals surface area (Å²) in [4.78, 5) is 11.7. The van der Waals surface area contributed by atoms with Crippen molar-refractivity contribution in [2.45, 2.75) is 32.1 Å². The highest BCUT2D eigenvalue weighted by Crippen LogP contribution is 2.21. The molecule has 0 aromatic carbocycles. The van der Waals surface area contributed by atoms with Crippen LogP contribution >= 0.6 is 0 Å². The minimum Gasteiger partial charge on any atom is -0.369 e. The number of fused-ring (bicyclic) bond motifs is 1. The van der Waals surface area contributed by atoms with Gasteiger partial charge in [0.05, 0.1) is 11.9 Å². The van der Waals surface area contributed by atoms with Crippen LogP contribution < -0.4 is 10.6 Å². The monoisotopic (exact) mass is 355 g/mol. The molecule has 0 saturated carbocycles. The minimum atomic E-state index is 0.795. The number of aromatic nitrogens is 4. The van der Waals surface area contributed by atoms with Gasteiger partial charge in [0.2, 0.25) is 0 Å². The van der Waals surface area contributed by atoms with E-state index in [0.29, 0.717) is 0 Å². The molecule has 0 unspecified atom stereocenters. The number of nitrogens with zero attached hydrogens (tertiary/aromatic N) is 4. The van der Waals surface area contributed by atoms with Crippen molar-refractivity contribution in [2.75, 3.05) is 44.6 Å². The van der Waals surface area contributed by atoms with E-state index in [2.05, 4.69) is 35.7 Å². The molecule has 2 aliphatic heterocycles. The predicted molar refractivity (Wildman–Crippen MR) is 102 cm³/mol. The summed E-state index contributed by atoms with van der Waals surface area (Å²) in [5.41, 5.74) is 3.74. The lowest BCUT2D eigenvalue weighted by molar-refractivity contribution is 0.215. The number of hydrogen-bond donors (Lipinski definition) is 3. The van der Waals surface area contributed by atoms with Crippen LogP contribution in [0.4, 0.5) is 5.82 Å². The molecule has 0 radical (unpaired) electrons. The van der Waals surface area contributed by atoms with E-state index in [0.717, 1.165) is 50.6 Å². The highest BCUT2D eigenvalue weighted by atomic mass is 15.1. The third-order valence-electron chi connectivity index (χ3n) is 5.55. The van der Waals surface area contributed by atoms with Crippen LogP contribution in [0.3, 0.4) is 0 Å². The quantitative estimate of drug-likeness (QED) is 0.724. The SMILES string of the molecule is c1nc2c(c(NCCc3cn[nH]c3)n1)CCN(C[C@@H]1CCCNC1)CC2. The Kier molecular flexibility index (Phi) is 5.76. The first-order valence-electron chi connectivity index (χ1n) is 9.86. The van der Waals surface area contributed by atoms with Gasteiger partial charge in [0.1, 0.15) is 12.1 Å². The van der Waals surface area contributed by atoms with Crippen LogP contribution in [0.25, 0.3) is 0 Å². The molecule has 2 aliphatic rings. The molecular weight excluding hydrogens is 326 g/mol. The Morgan fingerprint density at radius 3 is 3.04 bits per heavy atom. The Morgan fingerprint density at radius 2 is 2.19 bits per heavy atom. The van der Waals surface area contributed by atoms with Crippen LogP contribution in [0.15, 0.2) is 18.7 Å². The Balaban J connectivity index is 1.34. The first kappa shape index (κ1) is 17.4. The van der Waals surface area contributed by atoms with E-state index in [9.17, 15) is 0 Å². The van der Waals surface area contributed by atoms with Crippen LogP contribution in [0.2, 0.25) is 0 Å². The highest BCUT2D eigenvalue weighted by Gasteiger charge is 2.21. The van der Waals surface area contributed by atoms with Crippen molar-refractivity contribution in [3.63, 3.8) is 0 Å². The predicted octanol–water partition coefficient (Wildman–Crippen LogP) is 1.25. The van der Waals surface area contributed by atoms with Gasteiger partial charge in [-0.05, 0) is 50.3 Å². The van der Waals surface area contributed by atoms with Crippen LogP contribution in [-0.4, -0.2) is 64.3 Å². The summed E-state index contributed by atoms with van der Waals surface area (Å²) in [7, 11) is 0. The van der Waals surface area contributed by atoms with Crippen molar-refractivity contribution in [1.29, 1.82) is 0 Å². The summed E-state index contributed by atoms with van der Waals surface area (Å²) >= 11 is 0. The standard InChI is InChI=1S/C19H29N7/c1-2-16(10-20-6-1)13-26-8-4-17-18(5-9-26)22-14-23-19(17)21-7-3-15-11-24-25-12-15/h11-12,14,16,20H,1-10,13H2,(H,24,25)(H,21,22,23)/t16-/m1/s1. The van der Waals surface area contributed by atoms with Gasteiger partial charge in [-0.2, -0.15) is 5.10 Å². The van der Waals surface area contributed by atoms with E-state index in [4.69, 9.17) is 0 Å². The average molecular weight is 355 g/mol. The first-order valence-corrected chi connectivity index (χ1v) is 9.86. The first-order chi connectivity index (χ1) is 12.9. The molecule has 7 heteroatoms. The van der Waals surface area contributed by atoms with Crippen LogP contribution in [-0.2, 0) is 19.3 Å². The van der Waals surface area contributed by atoms with Gasteiger partial charge in [0, 0.05) is 44.4 Å². The van der Waals surface area contributed by atoms with Gasteiger partial charge in [0.15, 0.2) is 0 Å². The maximum absolute atomic E-state index is 4.57.